The fraction of sp³-hybridized carbons (Fsp3) is 0.579. The van der Waals surface area contributed by atoms with E-state index in [1.54, 1.807) is 0 Å². The number of carbonyl (C=O) groups excluding carboxylic acids is 2. The number of ether oxygens (including phenoxy) is 2. The summed E-state index contributed by atoms with van der Waals surface area (Å²) < 4.78 is 88.3. The standard InChI is InChI=1S/C19H21F6NO4/c1-2-3-4-29-5-6-30-17(28)12-7-16(27)26(11-12)15-9-13(18(20,21)22)8-14(10-15)19(23,24)25/h8-10,12H,2-7,11H2,1H3. The molecule has 1 aromatic rings. The van der Waals surface area contributed by atoms with Crippen molar-refractivity contribution in [3.05, 3.63) is 29.3 Å². The smallest absolute Gasteiger partial charge is 0.416 e. The Morgan fingerprint density at radius 3 is 2.17 bits per heavy atom. The number of hydrogen-bond acceptors (Lipinski definition) is 4. The van der Waals surface area contributed by atoms with Crippen LogP contribution in [-0.2, 0) is 31.4 Å². The highest BCUT2D eigenvalue weighted by molar-refractivity contribution is 5.99. The number of halogens is 6. The summed E-state index contributed by atoms with van der Waals surface area (Å²) in [4.78, 5) is 25.0. The lowest BCUT2D eigenvalue weighted by molar-refractivity contribution is -0.150. The number of carbonyl (C=O) groups is 2. The van der Waals surface area contributed by atoms with Crippen molar-refractivity contribution in [3.8, 4) is 0 Å². The molecule has 1 atom stereocenters. The average Bonchev–Trinajstić information content (AvgIpc) is 3.04. The van der Waals surface area contributed by atoms with Gasteiger partial charge in [-0.2, -0.15) is 26.3 Å². The van der Waals surface area contributed by atoms with Gasteiger partial charge in [-0.1, -0.05) is 13.3 Å². The second kappa shape index (κ2) is 9.67. The first-order valence-corrected chi connectivity index (χ1v) is 9.27. The van der Waals surface area contributed by atoms with Crippen LogP contribution in [0.3, 0.4) is 0 Å². The minimum atomic E-state index is -5.03. The van der Waals surface area contributed by atoms with Gasteiger partial charge in [-0.05, 0) is 24.6 Å². The maximum Gasteiger partial charge on any atom is 0.416 e. The van der Waals surface area contributed by atoms with Crippen LogP contribution in [0.1, 0.15) is 37.3 Å². The van der Waals surface area contributed by atoms with Crippen LogP contribution in [0.15, 0.2) is 18.2 Å². The number of unbranched alkanes of at least 4 members (excludes halogenated alkanes) is 1. The molecule has 1 aliphatic rings. The monoisotopic (exact) mass is 441 g/mol. The molecule has 1 unspecified atom stereocenters. The molecule has 0 spiro atoms. The van der Waals surface area contributed by atoms with Gasteiger partial charge in [0.2, 0.25) is 5.91 Å². The quantitative estimate of drug-likeness (QED) is 0.340. The predicted octanol–water partition coefficient (Wildman–Crippen LogP) is 4.44. The van der Waals surface area contributed by atoms with Crippen LogP contribution in [0, 0.1) is 5.92 Å². The fourth-order valence-corrected chi connectivity index (χ4v) is 2.88. The lowest BCUT2D eigenvalue weighted by atomic mass is 10.1. The van der Waals surface area contributed by atoms with Crippen molar-refractivity contribution in [1.29, 1.82) is 0 Å². The SMILES string of the molecule is CCCCOCCOC(=O)C1CC(=O)N(c2cc(C(F)(F)F)cc(C(F)(F)F)c2)C1. The summed E-state index contributed by atoms with van der Waals surface area (Å²) >= 11 is 0. The largest absolute Gasteiger partial charge is 0.463 e. The molecule has 1 aromatic carbocycles. The lowest BCUT2D eigenvalue weighted by Crippen LogP contribution is -2.27. The van der Waals surface area contributed by atoms with Gasteiger partial charge in [0.05, 0.1) is 23.7 Å². The van der Waals surface area contributed by atoms with Crippen molar-refractivity contribution in [2.45, 2.75) is 38.5 Å². The van der Waals surface area contributed by atoms with Gasteiger partial charge in [-0.25, -0.2) is 0 Å². The van der Waals surface area contributed by atoms with Crippen molar-refractivity contribution in [2.75, 3.05) is 31.3 Å². The Morgan fingerprint density at radius 2 is 1.63 bits per heavy atom. The average molecular weight is 441 g/mol. The Morgan fingerprint density at radius 1 is 1.03 bits per heavy atom. The summed E-state index contributed by atoms with van der Waals surface area (Å²) in [5.74, 6) is -2.51. The van der Waals surface area contributed by atoms with E-state index in [1.807, 2.05) is 6.92 Å². The molecule has 1 saturated heterocycles. The van der Waals surface area contributed by atoms with Gasteiger partial charge in [0, 0.05) is 25.3 Å². The maximum absolute atomic E-state index is 13.0. The molecular formula is C19H21F6NO4. The zero-order valence-corrected chi connectivity index (χ0v) is 16.1. The molecule has 1 amide bonds. The summed E-state index contributed by atoms with van der Waals surface area (Å²) in [5, 5.41) is 0. The molecule has 168 valence electrons. The zero-order valence-electron chi connectivity index (χ0n) is 16.1. The molecule has 2 rings (SSSR count). The third-order valence-corrected chi connectivity index (χ3v) is 4.46. The van der Waals surface area contributed by atoms with Crippen LogP contribution in [0.5, 0.6) is 0 Å². The predicted molar refractivity (Wildman–Crippen MR) is 93.6 cm³/mol. The van der Waals surface area contributed by atoms with Crippen LogP contribution >= 0.6 is 0 Å². The van der Waals surface area contributed by atoms with Gasteiger partial charge in [-0.15, -0.1) is 0 Å². The molecule has 0 bridgehead atoms. The van der Waals surface area contributed by atoms with Crippen molar-refractivity contribution in [3.63, 3.8) is 0 Å². The molecule has 1 heterocycles. The summed E-state index contributed by atoms with van der Waals surface area (Å²) in [6.07, 6.45) is -8.65. The first-order chi connectivity index (χ1) is 13.9. The Labute approximate surface area is 168 Å². The second-order valence-corrected chi connectivity index (χ2v) is 6.80. The lowest BCUT2D eigenvalue weighted by Gasteiger charge is -2.20. The fourth-order valence-electron chi connectivity index (χ4n) is 2.88. The van der Waals surface area contributed by atoms with Gasteiger partial charge in [0.1, 0.15) is 6.61 Å². The number of alkyl halides is 6. The van der Waals surface area contributed by atoms with E-state index < -0.39 is 47.0 Å². The Bertz CT molecular complexity index is 730. The van der Waals surface area contributed by atoms with E-state index >= 15 is 0 Å². The Kier molecular flexibility index (Phi) is 7.73. The van der Waals surface area contributed by atoms with Crippen molar-refractivity contribution in [2.24, 2.45) is 5.92 Å². The highest BCUT2D eigenvalue weighted by Crippen LogP contribution is 2.39. The molecule has 1 fully saturated rings. The van der Waals surface area contributed by atoms with Crippen LogP contribution in [0.4, 0.5) is 32.0 Å². The number of rotatable bonds is 8. The van der Waals surface area contributed by atoms with E-state index in [-0.39, 0.29) is 32.2 Å². The van der Waals surface area contributed by atoms with Gasteiger partial charge in [0.25, 0.3) is 0 Å². The van der Waals surface area contributed by atoms with Crippen LogP contribution in [0.2, 0.25) is 0 Å². The van der Waals surface area contributed by atoms with E-state index in [0.29, 0.717) is 18.7 Å². The molecule has 11 heteroatoms. The minimum Gasteiger partial charge on any atom is -0.463 e. The second-order valence-electron chi connectivity index (χ2n) is 6.80. The normalized spacial score (nSPS) is 17.5. The summed E-state index contributed by atoms with van der Waals surface area (Å²) in [6, 6.07) is 0.902. The molecular weight excluding hydrogens is 420 g/mol. The number of benzene rings is 1. The van der Waals surface area contributed by atoms with E-state index in [1.165, 1.54) is 0 Å². The number of esters is 1. The molecule has 0 saturated carbocycles. The van der Waals surface area contributed by atoms with Gasteiger partial charge < -0.3 is 14.4 Å². The first-order valence-electron chi connectivity index (χ1n) is 9.27. The van der Waals surface area contributed by atoms with E-state index in [0.717, 1.165) is 17.7 Å². The Balaban J connectivity index is 2.09. The number of nitrogens with zero attached hydrogens (tertiary/aromatic N) is 1. The van der Waals surface area contributed by atoms with Crippen molar-refractivity contribution >= 4 is 17.6 Å². The van der Waals surface area contributed by atoms with E-state index in [2.05, 4.69) is 0 Å². The molecule has 0 radical (unpaired) electrons. The topological polar surface area (TPSA) is 55.8 Å². The van der Waals surface area contributed by atoms with E-state index in [4.69, 9.17) is 9.47 Å². The van der Waals surface area contributed by atoms with Gasteiger partial charge in [0.15, 0.2) is 0 Å². The first kappa shape index (κ1) is 24.0. The number of anilines is 1. The summed E-state index contributed by atoms with van der Waals surface area (Å²) in [6.45, 7) is 2.20. The molecule has 0 aromatic heterocycles. The highest BCUT2D eigenvalue weighted by atomic mass is 19.4. The maximum atomic E-state index is 13.0. The van der Waals surface area contributed by atoms with Crippen LogP contribution in [0.25, 0.3) is 0 Å². The van der Waals surface area contributed by atoms with Crippen LogP contribution < -0.4 is 4.90 Å². The zero-order chi connectivity index (χ0) is 22.5. The summed E-state index contributed by atoms with van der Waals surface area (Å²) in [7, 11) is 0. The number of amides is 1. The van der Waals surface area contributed by atoms with Crippen molar-refractivity contribution in [1.82, 2.24) is 0 Å². The minimum absolute atomic E-state index is 0.0195. The van der Waals surface area contributed by atoms with Gasteiger partial charge >= 0.3 is 18.3 Å². The third-order valence-electron chi connectivity index (χ3n) is 4.46. The Hall–Kier alpha value is -2.30. The highest BCUT2D eigenvalue weighted by Gasteiger charge is 2.40. The number of hydrogen-bond donors (Lipinski definition) is 0. The van der Waals surface area contributed by atoms with Gasteiger partial charge in [-0.3, -0.25) is 9.59 Å². The molecule has 5 nitrogen and oxygen atoms in total. The molecule has 0 N–H and O–H groups in total. The third kappa shape index (κ3) is 6.35. The molecule has 30 heavy (non-hydrogen) atoms. The van der Waals surface area contributed by atoms with Crippen molar-refractivity contribution < 1.29 is 45.4 Å². The molecule has 1 aliphatic heterocycles. The molecule has 0 aliphatic carbocycles. The van der Waals surface area contributed by atoms with Crippen LogP contribution in [-0.4, -0.2) is 38.2 Å². The summed E-state index contributed by atoms with van der Waals surface area (Å²) in [5.41, 5.74) is -3.63. The van der Waals surface area contributed by atoms with E-state index in [9.17, 15) is 35.9 Å².